The summed E-state index contributed by atoms with van der Waals surface area (Å²) in [6, 6.07) is 10.3. The van der Waals surface area contributed by atoms with E-state index in [2.05, 4.69) is 17.4 Å². The zero-order chi connectivity index (χ0) is 14.0. The number of aliphatic hydroxyl groups excluding tert-OH is 1. The number of aliphatic hydroxyl groups is 1. The van der Waals surface area contributed by atoms with E-state index in [1.165, 1.54) is 5.56 Å². The topological polar surface area (TPSA) is 50.7 Å². The molecule has 0 aromatic heterocycles. The molecule has 1 aliphatic heterocycles. The summed E-state index contributed by atoms with van der Waals surface area (Å²) in [4.78, 5) is 0. The van der Waals surface area contributed by atoms with Crippen LogP contribution in [0.3, 0.4) is 0 Å². The zero-order valence-electron chi connectivity index (χ0n) is 12.0. The first-order valence-corrected chi connectivity index (χ1v) is 7.46. The lowest BCUT2D eigenvalue weighted by atomic mass is 10.1. The summed E-state index contributed by atoms with van der Waals surface area (Å²) < 4.78 is 10.9. The molecule has 4 nitrogen and oxygen atoms in total. The van der Waals surface area contributed by atoms with Crippen LogP contribution >= 0.6 is 0 Å². The minimum Gasteiger partial charge on any atom is -0.389 e. The highest BCUT2D eigenvalue weighted by molar-refractivity contribution is 5.14. The molecule has 0 aliphatic carbocycles. The van der Waals surface area contributed by atoms with Crippen molar-refractivity contribution in [3.8, 4) is 0 Å². The van der Waals surface area contributed by atoms with Crippen LogP contribution in [0.25, 0.3) is 0 Å². The van der Waals surface area contributed by atoms with E-state index in [9.17, 15) is 5.11 Å². The van der Waals surface area contributed by atoms with Crippen LogP contribution in [0.5, 0.6) is 0 Å². The van der Waals surface area contributed by atoms with Gasteiger partial charge in [-0.25, -0.2) is 0 Å². The number of hydrogen-bond acceptors (Lipinski definition) is 4. The summed E-state index contributed by atoms with van der Waals surface area (Å²) in [6.07, 6.45) is 2.95. The molecule has 2 atom stereocenters. The van der Waals surface area contributed by atoms with Gasteiger partial charge in [0.25, 0.3) is 0 Å². The van der Waals surface area contributed by atoms with E-state index < -0.39 is 6.10 Å². The Labute approximate surface area is 121 Å². The number of rotatable bonds is 9. The molecule has 1 aromatic rings. The lowest BCUT2D eigenvalue weighted by Gasteiger charge is -2.14. The van der Waals surface area contributed by atoms with Crippen molar-refractivity contribution in [3.63, 3.8) is 0 Å². The largest absolute Gasteiger partial charge is 0.389 e. The molecule has 0 radical (unpaired) electrons. The van der Waals surface area contributed by atoms with Gasteiger partial charge in [-0.1, -0.05) is 30.3 Å². The Kier molecular flexibility index (Phi) is 7.01. The SMILES string of the molecule is OC(CNCCc1ccccc1)COCC1CCCO1. The second kappa shape index (κ2) is 9.08. The summed E-state index contributed by atoms with van der Waals surface area (Å²) in [5.74, 6) is 0. The van der Waals surface area contributed by atoms with Crippen LogP contribution in [0.1, 0.15) is 18.4 Å². The van der Waals surface area contributed by atoms with E-state index in [1.54, 1.807) is 0 Å². The zero-order valence-corrected chi connectivity index (χ0v) is 12.0. The molecule has 2 rings (SSSR count). The minimum absolute atomic E-state index is 0.230. The number of nitrogens with one attached hydrogen (secondary N) is 1. The maximum Gasteiger partial charge on any atom is 0.0897 e. The van der Waals surface area contributed by atoms with E-state index in [-0.39, 0.29) is 6.10 Å². The predicted molar refractivity (Wildman–Crippen MR) is 78.8 cm³/mol. The van der Waals surface area contributed by atoms with Crippen LogP contribution in [-0.4, -0.2) is 50.2 Å². The normalized spacial score (nSPS) is 20.1. The molecule has 1 saturated heterocycles. The van der Waals surface area contributed by atoms with E-state index in [4.69, 9.17) is 9.47 Å². The monoisotopic (exact) mass is 279 g/mol. The van der Waals surface area contributed by atoms with Gasteiger partial charge in [-0.05, 0) is 31.4 Å². The Balaban J connectivity index is 1.46. The molecule has 4 heteroatoms. The minimum atomic E-state index is -0.452. The predicted octanol–water partition coefficient (Wildman–Crippen LogP) is 1.38. The molecule has 0 bridgehead atoms. The van der Waals surface area contributed by atoms with Crippen molar-refractivity contribution in [1.29, 1.82) is 0 Å². The van der Waals surface area contributed by atoms with Crippen LogP contribution in [0.4, 0.5) is 0 Å². The molecule has 2 N–H and O–H groups in total. The molecular formula is C16H25NO3. The van der Waals surface area contributed by atoms with Crippen molar-refractivity contribution in [3.05, 3.63) is 35.9 Å². The van der Waals surface area contributed by atoms with Crippen molar-refractivity contribution in [2.45, 2.75) is 31.5 Å². The van der Waals surface area contributed by atoms with Crippen LogP contribution < -0.4 is 5.32 Å². The Morgan fingerprint density at radius 3 is 2.95 bits per heavy atom. The molecule has 20 heavy (non-hydrogen) atoms. The summed E-state index contributed by atoms with van der Waals surface area (Å²) in [7, 11) is 0. The van der Waals surface area contributed by atoms with E-state index in [0.717, 1.165) is 32.4 Å². The third-order valence-corrected chi connectivity index (χ3v) is 3.45. The van der Waals surface area contributed by atoms with E-state index >= 15 is 0 Å². The molecular weight excluding hydrogens is 254 g/mol. The average molecular weight is 279 g/mol. The fraction of sp³-hybridized carbons (Fsp3) is 0.625. The van der Waals surface area contributed by atoms with Crippen LogP contribution in [0.15, 0.2) is 30.3 Å². The maximum atomic E-state index is 9.79. The third-order valence-electron chi connectivity index (χ3n) is 3.45. The van der Waals surface area contributed by atoms with Crippen LogP contribution in [0, 0.1) is 0 Å². The van der Waals surface area contributed by atoms with Gasteiger partial charge in [-0.3, -0.25) is 0 Å². The second-order valence-corrected chi connectivity index (χ2v) is 5.27. The van der Waals surface area contributed by atoms with Crippen molar-refractivity contribution in [2.75, 3.05) is 32.9 Å². The van der Waals surface area contributed by atoms with Gasteiger partial charge in [0.05, 0.1) is 25.4 Å². The highest BCUT2D eigenvalue weighted by Gasteiger charge is 2.15. The smallest absolute Gasteiger partial charge is 0.0897 e. The first-order chi connectivity index (χ1) is 9.84. The summed E-state index contributed by atoms with van der Waals surface area (Å²) >= 11 is 0. The fourth-order valence-corrected chi connectivity index (χ4v) is 2.32. The van der Waals surface area contributed by atoms with E-state index in [1.807, 2.05) is 18.2 Å². The van der Waals surface area contributed by atoms with Gasteiger partial charge < -0.3 is 19.9 Å². The fourth-order valence-electron chi connectivity index (χ4n) is 2.32. The summed E-state index contributed by atoms with van der Waals surface area (Å²) in [5.41, 5.74) is 1.31. The first-order valence-electron chi connectivity index (χ1n) is 7.46. The molecule has 1 aliphatic rings. The van der Waals surface area contributed by atoms with Crippen molar-refractivity contribution >= 4 is 0 Å². The summed E-state index contributed by atoms with van der Waals surface area (Å²) in [5, 5.41) is 13.0. The second-order valence-electron chi connectivity index (χ2n) is 5.27. The Morgan fingerprint density at radius 2 is 2.20 bits per heavy atom. The number of ether oxygens (including phenoxy) is 2. The number of hydrogen-bond donors (Lipinski definition) is 2. The van der Waals surface area contributed by atoms with E-state index in [0.29, 0.717) is 19.8 Å². The Bertz CT molecular complexity index is 352. The molecule has 0 amide bonds. The Morgan fingerprint density at radius 1 is 1.35 bits per heavy atom. The van der Waals surface area contributed by atoms with Crippen molar-refractivity contribution in [2.24, 2.45) is 0 Å². The van der Waals surface area contributed by atoms with Gasteiger partial charge in [0, 0.05) is 13.2 Å². The lowest BCUT2D eigenvalue weighted by Crippen LogP contribution is -2.32. The quantitative estimate of drug-likeness (QED) is 0.671. The standard InChI is InChI=1S/C16H25NO3/c18-15(12-19-13-16-7-4-10-20-16)11-17-9-8-14-5-2-1-3-6-14/h1-3,5-6,15-18H,4,7-13H2. The average Bonchev–Trinajstić information content (AvgIpc) is 2.98. The molecule has 0 saturated carbocycles. The number of benzene rings is 1. The van der Waals surface area contributed by atoms with Gasteiger partial charge in [0.15, 0.2) is 0 Å². The van der Waals surface area contributed by atoms with Crippen molar-refractivity contribution < 1.29 is 14.6 Å². The summed E-state index contributed by atoms with van der Waals surface area (Å²) in [6.45, 7) is 3.25. The lowest BCUT2D eigenvalue weighted by molar-refractivity contribution is -0.0163. The van der Waals surface area contributed by atoms with Gasteiger partial charge in [-0.15, -0.1) is 0 Å². The molecule has 1 fully saturated rings. The molecule has 0 spiro atoms. The van der Waals surface area contributed by atoms with Gasteiger partial charge in [-0.2, -0.15) is 0 Å². The third kappa shape index (κ3) is 6.01. The molecule has 1 aromatic carbocycles. The van der Waals surface area contributed by atoms with Crippen LogP contribution in [-0.2, 0) is 15.9 Å². The van der Waals surface area contributed by atoms with Crippen molar-refractivity contribution in [1.82, 2.24) is 5.32 Å². The molecule has 1 heterocycles. The molecule has 112 valence electrons. The first kappa shape index (κ1) is 15.4. The van der Waals surface area contributed by atoms with Gasteiger partial charge in [0.2, 0.25) is 0 Å². The van der Waals surface area contributed by atoms with Crippen LogP contribution in [0.2, 0.25) is 0 Å². The highest BCUT2D eigenvalue weighted by atomic mass is 16.5. The van der Waals surface area contributed by atoms with Gasteiger partial charge in [0.1, 0.15) is 0 Å². The van der Waals surface area contributed by atoms with Gasteiger partial charge >= 0.3 is 0 Å². The maximum absolute atomic E-state index is 9.79. The molecule has 2 unspecified atom stereocenters. The highest BCUT2D eigenvalue weighted by Crippen LogP contribution is 2.11. The Hall–Kier alpha value is -0.940.